The van der Waals surface area contributed by atoms with Crippen molar-refractivity contribution in [3.8, 4) is 0 Å². The van der Waals surface area contributed by atoms with Gasteiger partial charge < -0.3 is 10.1 Å². The first kappa shape index (κ1) is 13.4. The van der Waals surface area contributed by atoms with Crippen LogP contribution in [0.15, 0.2) is 0 Å². The highest BCUT2D eigenvalue weighted by Crippen LogP contribution is 2.38. The molecule has 0 aromatic carbocycles. The van der Waals surface area contributed by atoms with Gasteiger partial charge in [-0.05, 0) is 31.2 Å². The summed E-state index contributed by atoms with van der Waals surface area (Å²) in [5.41, 5.74) is 0. The maximum absolute atomic E-state index is 5.60. The van der Waals surface area contributed by atoms with Crippen LogP contribution in [0.3, 0.4) is 0 Å². The Balaban J connectivity index is 2.01. The van der Waals surface area contributed by atoms with Crippen LogP contribution in [0.5, 0.6) is 0 Å². The molecule has 0 bridgehead atoms. The predicted molar refractivity (Wildman–Crippen MR) is 72.1 cm³/mol. The molecule has 1 aliphatic carbocycles. The van der Waals surface area contributed by atoms with E-state index >= 15 is 0 Å². The molecule has 2 aliphatic rings. The number of hydrogen-bond donors (Lipinski definition) is 1. The Hall–Kier alpha value is -0.0800. The normalized spacial score (nSPS) is 36.0. The summed E-state index contributed by atoms with van der Waals surface area (Å²) >= 11 is 0. The lowest BCUT2D eigenvalue weighted by molar-refractivity contribution is 0.120. The van der Waals surface area contributed by atoms with Crippen molar-refractivity contribution in [1.29, 1.82) is 0 Å². The predicted octanol–water partition coefficient (Wildman–Crippen LogP) is 3.22. The van der Waals surface area contributed by atoms with Crippen LogP contribution in [0, 0.1) is 17.8 Å². The third-order valence-corrected chi connectivity index (χ3v) is 4.87. The summed E-state index contributed by atoms with van der Waals surface area (Å²) in [5.74, 6) is 2.63. The molecule has 2 nitrogen and oxygen atoms in total. The third kappa shape index (κ3) is 3.23. The fraction of sp³-hybridized carbons (Fsp3) is 1.00. The van der Waals surface area contributed by atoms with Crippen molar-refractivity contribution in [2.75, 3.05) is 19.8 Å². The van der Waals surface area contributed by atoms with E-state index in [1.165, 1.54) is 38.5 Å². The maximum Gasteiger partial charge on any atom is 0.0510 e. The minimum atomic E-state index is 0.716. The van der Waals surface area contributed by atoms with Crippen LogP contribution in [-0.2, 0) is 4.74 Å². The van der Waals surface area contributed by atoms with Gasteiger partial charge in [0.05, 0.1) is 6.61 Å². The van der Waals surface area contributed by atoms with Gasteiger partial charge in [-0.1, -0.05) is 39.5 Å². The van der Waals surface area contributed by atoms with Crippen molar-refractivity contribution in [2.24, 2.45) is 17.8 Å². The lowest BCUT2D eigenvalue weighted by Gasteiger charge is -2.39. The van der Waals surface area contributed by atoms with Gasteiger partial charge in [0.2, 0.25) is 0 Å². The molecule has 0 spiro atoms. The highest BCUT2D eigenvalue weighted by atomic mass is 16.5. The van der Waals surface area contributed by atoms with Crippen molar-refractivity contribution in [3.63, 3.8) is 0 Å². The molecule has 1 aliphatic heterocycles. The minimum absolute atomic E-state index is 0.716. The Morgan fingerprint density at radius 2 is 2.00 bits per heavy atom. The second kappa shape index (κ2) is 6.75. The van der Waals surface area contributed by atoms with Gasteiger partial charge >= 0.3 is 0 Å². The molecular formula is C15H29NO. The van der Waals surface area contributed by atoms with E-state index in [9.17, 15) is 0 Å². The van der Waals surface area contributed by atoms with Gasteiger partial charge in [-0.25, -0.2) is 0 Å². The van der Waals surface area contributed by atoms with Crippen molar-refractivity contribution >= 4 is 0 Å². The molecule has 2 rings (SSSR count). The van der Waals surface area contributed by atoms with Crippen LogP contribution in [0.1, 0.15) is 52.4 Å². The zero-order chi connectivity index (χ0) is 12.1. The maximum atomic E-state index is 5.60. The van der Waals surface area contributed by atoms with Gasteiger partial charge in [-0.2, -0.15) is 0 Å². The molecule has 100 valence electrons. The fourth-order valence-electron chi connectivity index (χ4n) is 3.96. The zero-order valence-electron chi connectivity index (χ0n) is 11.6. The van der Waals surface area contributed by atoms with E-state index in [2.05, 4.69) is 19.2 Å². The average Bonchev–Trinajstić information content (AvgIpc) is 2.89. The van der Waals surface area contributed by atoms with Crippen LogP contribution in [0.4, 0.5) is 0 Å². The Morgan fingerprint density at radius 3 is 2.65 bits per heavy atom. The van der Waals surface area contributed by atoms with Crippen LogP contribution >= 0.6 is 0 Å². The molecule has 4 unspecified atom stereocenters. The first-order valence-corrected chi connectivity index (χ1v) is 7.68. The Labute approximate surface area is 107 Å². The van der Waals surface area contributed by atoms with Crippen molar-refractivity contribution in [1.82, 2.24) is 5.32 Å². The molecule has 1 saturated heterocycles. The molecular weight excluding hydrogens is 210 g/mol. The second-order valence-electron chi connectivity index (χ2n) is 5.82. The standard InChI is InChI=1S/C15H29NO/c1-3-12-7-5-6-8-14(12)15(16-4-2)13-9-10-17-11-13/h12-16H,3-11H2,1-2H3. The first-order chi connectivity index (χ1) is 8.36. The van der Waals surface area contributed by atoms with E-state index in [4.69, 9.17) is 4.74 Å². The van der Waals surface area contributed by atoms with Crippen LogP contribution in [0.25, 0.3) is 0 Å². The van der Waals surface area contributed by atoms with Gasteiger partial charge in [0.15, 0.2) is 0 Å². The first-order valence-electron chi connectivity index (χ1n) is 7.68. The van der Waals surface area contributed by atoms with Crippen molar-refractivity contribution in [3.05, 3.63) is 0 Å². The van der Waals surface area contributed by atoms with Gasteiger partial charge in [0.1, 0.15) is 0 Å². The lowest BCUT2D eigenvalue weighted by atomic mass is 9.70. The van der Waals surface area contributed by atoms with E-state index in [0.717, 1.165) is 37.5 Å². The molecule has 4 atom stereocenters. The van der Waals surface area contributed by atoms with Gasteiger partial charge in [-0.15, -0.1) is 0 Å². The Bertz CT molecular complexity index is 213. The summed E-state index contributed by atoms with van der Waals surface area (Å²) in [7, 11) is 0. The average molecular weight is 239 g/mol. The number of ether oxygens (including phenoxy) is 1. The third-order valence-electron chi connectivity index (χ3n) is 4.87. The highest BCUT2D eigenvalue weighted by Gasteiger charge is 2.36. The Kier molecular flexibility index (Phi) is 5.30. The molecule has 0 amide bonds. The zero-order valence-corrected chi connectivity index (χ0v) is 11.6. The number of rotatable bonds is 5. The molecule has 0 aromatic heterocycles. The summed E-state index contributed by atoms with van der Waals surface area (Å²) < 4.78 is 5.60. The monoisotopic (exact) mass is 239 g/mol. The van der Waals surface area contributed by atoms with Crippen molar-refractivity contribution < 1.29 is 4.74 Å². The van der Waals surface area contributed by atoms with E-state index in [1.807, 2.05) is 0 Å². The summed E-state index contributed by atoms with van der Waals surface area (Å²) in [4.78, 5) is 0. The van der Waals surface area contributed by atoms with E-state index < -0.39 is 0 Å². The molecule has 2 heteroatoms. The fourth-order valence-corrected chi connectivity index (χ4v) is 3.96. The number of nitrogens with one attached hydrogen (secondary N) is 1. The minimum Gasteiger partial charge on any atom is -0.381 e. The molecule has 0 aromatic rings. The SMILES string of the molecule is CCNC(C1CCOC1)C1CCCCC1CC. The summed E-state index contributed by atoms with van der Waals surface area (Å²) in [6.45, 7) is 7.69. The van der Waals surface area contributed by atoms with Crippen LogP contribution in [-0.4, -0.2) is 25.8 Å². The van der Waals surface area contributed by atoms with Gasteiger partial charge in [-0.3, -0.25) is 0 Å². The summed E-state index contributed by atoms with van der Waals surface area (Å²) in [6.07, 6.45) is 8.42. The summed E-state index contributed by atoms with van der Waals surface area (Å²) in [6, 6.07) is 0.716. The second-order valence-corrected chi connectivity index (χ2v) is 5.82. The highest BCUT2D eigenvalue weighted by molar-refractivity contribution is 4.90. The van der Waals surface area contributed by atoms with E-state index in [1.54, 1.807) is 0 Å². The molecule has 17 heavy (non-hydrogen) atoms. The van der Waals surface area contributed by atoms with Gasteiger partial charge in [0.25, 0.3) is 0 Å². The van der Waals surface area contributed by atoms with Gasteiger partial charge in [0, 0.05) is 18.6 Å². The molecule has 0 radical (unpaired) electrons. The Morgan fingerprint density at radius 1 is 1.18 bits per heavy atom. The van der Waals surface area contributed by atoms with E-state index in [0.29, 0.717) is 6.04 Å². The molecule has 1 N–H and O–H groups in total. The lowest BCUT2D eigenvalue weighted by Crippen LogP contribution is -2.46. The summed E-state index contributed by atoms with van der Waals surface area (Å²) in [5, 5.41) is 3.78. The van der Waals surface area contributed by atoms with E-state index in [-0.39, 0.29) is 0 Å². The smallest absolute Gasteiger partial charge is 0.0510 e. The van der Waals surface area contributed by atoms with Crippen molar-refractivity contribution in [2.45, 2.75) is 58.4 Å². The topological polar surface area (TPSA) is 21.3 Å². The van der Waals surface area contributed by atoms with Crippen LogP contribution < -0.4 is 5.32 Å². The van der Waals surface area contributed by atoms with Crippen LogP contribution in [0.2, 0.25) is 0 Å². The largest absolute Gasteiger partial charge is 0.381 e. The molecule has 2 fully saturated rings. The molecule has 1 heterocycles. The quantitative estimate of drug-likeness (QED) is 0.795. The number of hydrogen-bond acceptors (Lipinski definition) is 2. The molecule has 1 saturated carbocycles.